The van der Waals surface area contributed by atoms with Gasteiger partial charge in [0, 0.05) is 6.54 Å². The van der Waals surface area contributed by atoms with E-state index >= 15 is 0 Å². The molecule has 0 spiro atoms. The van der Waals surface area contributed by atoms with Crippen LogP contribution in [0.15, 0.2) is 53.5 Å². The summed E-state index contributed by atoms with van der Waals surface area (Å²) in [5, 5.41) is 2.71. The summed E-state index contributed by atoms with van der Waals surface area (Å²) < 4.78 is 5.61. The van der Waals surface area contributed by atoms with Gasteiger partial charge in [0.25, 0.3) is 0 Å². The van der Waals surface area contributed by atoms with E-state index < -0.39 is 0 Å². The summed E-state index contributed by atoms with van der Waals surface area (Å²) in [5.41, 5.74) is 10.4. The second-order valence-electron chi connectivity index (χ2n) is 6.92. The van der Waals surface area contributed by atoms with E-state index in [1.165, 1.54) is 5.56 Å². The molecule has 0 saturated heterocycles. The second kappa shape index (κ2) is 12.6. The van der Waals surface area contributed by atoms with Gasteiger partial charge in [-0.3, -0.25) is 15.2 Å². The monoisotopic (exact) mass is 410 g/mol. The number of ether oxygens (including phenoxy) is 1. The lowest BCUT2D eigenvalue weighted by Crippen LogP contribution is -2.46. The number of aliphatic imine (C=N–C) groups is 1. The van der Waals surface area contributed by atoms with E-state index in [4.69, 9.17) is 10.5 Å². The van der Waals surface area contributed by atoms with Crippen LogP contribution in [0.3, 0.4) is 0 Å². The molecule has 0 heterocycles. The maximum atomic E-state index is 12.8. The first kappa shape index (κ1) is 23.4. The third kappa shape index (κ3) is 6.88. The average Bonchev–Trinajstić information content (AvgIpc) is 2.77. The van der Waals surface area contributed by atoms with E-state index in [9.17, 15) is 4.79 Å². The van der Waals surface area contributed by atoms with Crippen LogP contribution in [0.2, 0.25) is 0 Å². The lowest BCUT2D eigenvalue weighted by atomic mass is 10.0. The first-order valence-electron chi connectivity index (χ1n) is 10.7. The molecule has 0 aliphatic heterocycles. The number of nitrogens with one attached hydrogen (secondary N) is 1. The predicted molar refractivity (Wildman–Crippen MR) is 124 cm³/mol. The Labute approximate surface area is 180 Å². The number of rotatable bonds is 10. The molecule has 0 aliphatic carbocycles. The van der Waals surface area contributed by atoms with Gasteiger partial charge in [0.2, 0.25) is 0 Å². The number of carbonyl (C=O) groups is 1. The Morgan fingerprint density at radius 1 is 1.00 bits per heavy atom. The Kier molecular flexibility index (Phi) is 9.87. The largest absolute Gasteiger partial charge is 0.379 e. The van der Waals surface area contributed by atoms with Crippen molar-refractivity contribution >= 4 is 17.7 Å². The van der Waals surface area contributed by atoms with Crippen LogP contribution in [0.4, 0.5) is 10.5 Å². The molecule has 3 N–H and O–H groups in total. The third-order valence-corrected chi connectivity index (χ3v) is 4.93. The van der Waals surface area contributed by atoms with Crippen molar-refractivity contribution in [3.8, 4) is 0 Å². The second-order valence-corrected chi connectivity index (χ2v) is 6.92. The van der Waals surface area contributed by atoms with E-state index in [0.717, 1.165) is 36.1 Å². The summed E-state index contributed by atoms with van der Waals surface area (Å²) in [6.07, 6.45) is 2.58. The molecule has 6 heteroatoms. The summed E-state index contributed by atoms with van der Waals surface area (Å²) in [7, 11) is 0. The highest BCUT2D eigenvalue weighted by molar-refractivity contribution is 6.04. The normalized spacial score (nSPS) is 11.4. The fourth-order valence-corrected chi connectivity index (χ4v) is 3.35. The SMILES string of the molecule is CCc1cccc(CC)c1N(CC)C(=O)NC(N)=NCCOCCc1ccccc1. The smallest absolute Gasteiger partial charge is 0.328 e. The van der Waals surface area contributed by atoms with Gasteiger partial charge in [-0.05, 0) is 42.9 Å². The standard InChI is InChI=1S/C24H34N4O2/c1-4-20-13-10-14-21(5-2)22(20)28(6-3)24(29)27-23(25)26-16-18-30-17-15-19-11-8-7-9-12-19/h7-14H,4-6,15-18H2,1-3H3,(H3,25,26,27,29). The maximum Gasteiger partial charge on any atom is 0.328 e. The quantitative estimate of drug-likeness (QED) is 0.354. The van der Waals surface area contributed by atoms with Crippen molar-refractivity contribution in [2.24, 2.45) is 10.7 Å². The number of anilines is 1. The van der Waals surface area contributed by atoms with Crippen LogP contribution in [0.5, 0.6) is 0 Å². The van der Waals surface area contributed by atoms with Crippen molar-refractivity contribution < 1.29 is 9.53 Å². The summed E-state index contributed by atoms with van der Waals surface area (Å²) in [4.78, 5) is 18.8. The molecule has 0 fully saturated rings. The molecule has 30 heavy (non-hydrogen) atoms. The molecule has 0 unspecified atom stereocenters. The molecule has 0 aliphatic rings. The number of hydrogen-bond acceptors (Lipinski definition) is 3. The van der Waals surface area contributed by atoms with Gasteiger partial charge in [-0.1, -0.05) is 62.4 Å². The number of amides is 2. The van der Waals surface area contributed by atoms with Crippen LogP contribution in [0.25, 0.3) is 0 Å². The van der Waals surface area contributed by atoms with E-state index in [0.29, 0.717) is 26.3 Å². The number of hydrogen-bond donors (Lipinski definition) is 2. The molecule has 2 aromatic rings. The Balaban J connectivity index is 1.86. The van der Waals surface area contributed by atoms with Crippen LogP contribution >= 0.6 is 0 Å². The molecule has 2 amide bonds. The maximum absolute atomic E-state index is 12.8. The van der Waals surface area contributed by atoms with Crippen LogP contribution in [0.1, 0.15) is 37.5 Å². The van der Waals surface area contributed by atoms with Gasteiger partial charge in [-0.15, -0.1) is 0 Å². The number of aryl methyl sites for hydroxylation is 2. The lowest BCUT2D eigenvalue weighted by Gasteiger charge is -2.26. The fourth-order valence-electron chi connectivity index (χ4n) is 3.35. The van der Waals surface area contributed by atoms with Gasteiger partial charge in [0.15, 0.2) is 5.96 Å². The Morgan fingerprint density at radius 2 is 1.67 bits per heavy atom. The van der Waals surface area contributed by atoms with Crippen molar-refractivity contribution in [3.05, 3.63) is 65.2 Å². The molecule has 0 aromatic heterocycles. The average molecular weight is 411 g/mol. The van der Waals surface area contributed by atoms with Crippen LogP contribution in [-0.2, 0) is 24.0 Å². The minimum Gasteiger partial charge on any atom is -0.379 e. The molecular weight excluding hydrogens is 376 g/mol. The van der Waals surface area contributed by atoms with Crippen molar-refractivity contribution in [2.75, 3.05) is 31.2 Å². The Hall–Kier alpha value is -2.86. The zero-order chi connectivity index (χ0) is 21.8. The number of nitrogens with zero attached hydrogens (tertiary/aromatic N) is 2. The van der Waals surface area contributed by atoms with E-state index in [-0.39, 0.29) is 12.0 Å². The molecule has 0 radical (unpaired) electrons. The first-order chi connectivity index (χ1) is 14.6. The number of carbonyl (C=O) groups excluding carboxylic acids is 1. The molecule has 2 rings (SSSR count). The topological polar surface area (TPSA) is 80.0 Å². The van der Waals surface area contributed by atoms with Crippen LogP contribution in [-0.4, -0.2) is 38.3 Å². The van der Waals surface area contributed by atoms with Gasteiger partial charge < -0.3 is 10.5 Å². The number of nitrogens with two attached hydrogens (primary N) is 1. The molecule has 0 atom stereocenters. The molecule has 0 bridgehead atoms. The van der Waals surface area contributed by atoms with E-state index in [1.54, 1.807) is 4.90 Å². The van der Waals surface area contributed by atoms with Gasteiger partial charge in [-0.2, -0.15) is 0 Å². The highest BCUT2D eigenvalue weighted by Crippen LogP contribution is 2.27. The van der Waals surface area contributed by atoms with E-state index in [1.807, 2.05) is 31.2 Å². The Morgan fingerprint density at radius 3 is 2.27 bits per heavy atom. The number of para-hydroxylation sites is 1. The third-order valence-electron chi connectivity index (χ3n) is 4.93. The summed E-state index contributed by atoms with van der Waals surface area (Å²) in [6, 6.07) is 16.1. The van der Waals surface area contributed by atoms with Crippen molar-refractivity contribution in [1.29, 1.82) is 0 Å². The molecule has 2 aromatic carbocycles. The van der Waals surface area contributed by atoms with Gasteiger partial charge in [-0.25, -0.2) is 4.79 Å². The predicted octanol–water partition coefficient (Wildman–Crippen LogP) is 3.92. The van der Waals surface area contributed by atoms with Crippen LogP contribution < -0.4 is 16.0 Å². The first-order valence-corrected chi connectivity index (χ1v) is 10.7. The zero-order valence-corrected chi connectivity index (χ0v) is 18.4. The number of guanidine groups is 1. The summed E-state index contributed by atoms with van der Waals surface area (Å²) in [6.45, 7) is 8.18. The number of urea groups is 1. The highest BCUT2D eigenvalue weighted by Gasteiger charge is 2.20. The van der Waals surface area contributed by atoms with E-state index in [2.05, 4.69) is 48.4 Å². The summed E-state index contributed by atoms with van der Waals surface area (Å²) in [5.74, 6) is 0.108. The zero-order valence-electron chi connectivity index (χ0n) is 18.4. The highest BCUT2D eigenvalue weighted by atomic mass is 16.5. The minimum atomic E-state index is -0.264. The Bertz CT molecular complexity index is 799. The molecule has 6 nitrogen and oxygen atoms in total. The van der Waals surface area contributed by atoms with Gasteiger partial charge in [0.1, 0.15) is 0 Å². The fraction of sp³-hybridized carbons (Fsp3) is 0.417. The lowest BCUT2D eigenvalue weighted by molar-refractivity contribution is 0.145. The molecular formula is C24H34N4O2. The van der Waals surface area contributed by atoms with Crippen molar-refractivity contribution in [3.63, 3.8) is 0 Å². The van der Waals surface area contributed by atoms with Gasteiger partial charge in [0.05, 0.1) is 25.4 Å². The minimum absolute atomic E-state index is 0.108. The molecule has 162 valence electrons. The molecule has 0 saturated carbocycles. The number of benzene rings is 2. The van der Waals surface area contributed by atoms with Crippen molar-refractivity contribution in [2.45, 2.75) is 40.0 Å². The summed E-state index contributed by atoms with van der Waals surface area (Å²) >= 11 is 0. The van der Waals surface area contributed by atoms with Crippen LogP contribution in [0, 0.1) is 0 Å². The van der Waals surface area contributed by atoms with Gasteiger partial charge >= 0.3 is 6.03 Å². The van der Waals surface area contributed by atoms with Crippen molar-refractivity contribution in [1.82, 2.24) is 5.32 Å².